The summed E-state index contributed by atoms with van der Waals surface area (Å²) in [6.07, 6.45) is 1.63. The van der Waals surface area contributed by atoms with Gasteiger partial charge in [0, 0.05) is 17.0 Å². The van der Waals surface area contributed by atoms with Crippen molar-refractivity contribution in [2.24, 2.45) is 0 Å². The van der Waals surface area contributed by atoms with Gasteiger partial charge >= 0.3 is 0 Å². The molecule has 0 bridgehead atoms. The molecule has 3 aromatic rings. The zero-order valence-electron chi connectivity index (χ0n) is 10.9. The summed E-state index contributed by atoms with van der Waals surface area (Å²) in [5.74, 6) is 0. The first-order chi connectivity index (χ1) is 9.22. The van der Waals surface area contributed by atoms with Gasteiger partial charge in [-0.25, -0.2) is 4.98 Å². The molecule has 4 heteroatoms. The molecule has 19 heavy (non-hydrogen) atoms. The van der Waals surface area contributed by atoms with Gasteiger partial charge in [-0.2, -0.15) is 0 Å². The Kier molecular flexibility index (Phi) is 2.95. The Balaban J connectivity index is 2.42. The molecule has 0 saturated heterocycles. The fourth-order valence-electron chi connectivity index (χ4n) is 2.32. The largest absolute Gasteiger partial charge is 0.299 e. The van der Waals surface area contributed by atoms with E-state index in [9.17, 15) is 4.79 Å². The summed E-state index contributed by atoms with van der Waals surface area (Å²) in [4.78, 5) is 18.9. The van der Waals surface area contributed by atoms with Crippen molar-refractivity contribution in [3.05, 3.63) is 51.9 Å². The van der Waals surface area contributed by atoms with Crippen LogP contribution in [0.1, 0.15) is 11.8 Å². The molecular formula is C15H14N2OS. The third-order valence-corrected chi connectivity index (χ3v) is 4.27. The van der Waals surface area contributed by atoms with Crippen molar-refractivity contribution in [2.45, 2.75) is 20.4 Å². The van der Waals surface area contributed by atoms with E-state index in [0.717, 1.165) is 26.2 Å². The molecule has 0 radical (unpaired) electrons. The Morgan fingerprint density at radius 3 is 2.68 bits per heavy atom. The standard InChI is InChI=1S/C15H14N2OS/c1-3-17-9-16-14-13(15(17)18)12(10(2)19-14)11-7-5-4-6-8-11/h4-9H,3H2,1-2H3. The number of hydrogen-bond acceptors (Lipinski definition) is 3. The minimum absolute atomic E-state index is 0.0516. The summed E-state index contributed by atoms with van der Waals surface area (Å²) in [6, 6.07) is 10.0. The zero-order valence-corrected chi connectivity index (χ0v) is 11.7. The van der Waals surface area contributed by atoms with E-state index < -0.39 is 0 Å². The first-order valence-corrected chi connectivity index (χ1v) is 7.08. The van der Waals surface area contributed by atoms with E-state index in [-0.39, 0.29) is 5.56 Å². The molecule has 0 aliphatic carbocycles. The van der Waals surface area contributed by atoms with Gasteiger partial charge < -0.3 is 0 Å². The fourth-order valence-corrected chi connectivity index (χ4v) is 3.32. The maximum atomic E-state index is 12.5. The number of hydrogen-bond donors (Lipinski definition) is 0. The van der Waals surface area contributed by atoms with Crippen LogP contribution in [-0.4, -0.2) is 9.55 Å². The molecule has 0 amide bonds. The Labute approximate surface area is 115 Å². The van der Waals surface area contributed by atoms with Crippen LogP contribution in [-0.2, 0) is 6.54 Å². The molecule has 96 valence electrons. The van der Waals surface area contributed by atoms with Crippen molar-refractivity contribution in [1.82, 2.24) is 9.55 Å². The molecule has 0 N–H and O–H groups in total. The highest BCUT2D eigenvalue weighted by molar-refractivity contribution is 7.19. The van der Waals surface area contributed by atoms with Crippen LogP contribution in [0.5, 0.6) is 0 Å². The second-order valence-electron chi connectivity index (χ2n) is 4.42. The molecule has 0 unspecified atom stereocenters. The van der Waals surface area contributed by atoms with Crippen molar-refractivity contribution in [2.75, 3.05) is 0 Å². The van der Waals surface area contributed by atoms with E-state index in [1.54, 1.807) is 22.2 Å². The first-order valence-electron chi connectivity index (χ1n) is 6.26. The molecule has 0 aliphatic heterocycles. The summed E-state index contributed by atoms with van der Waals surface area (Å²) >= 11 is 1.58. The van der Waals surface area contributed by atoms with E-state index in [0.29, 0.717) is 6.54 Å². The average Bonchev–Trinajstić information content (AvgIpc) is 2.77. The minimum atomic E-state index is 0.0516. The lowest BCUT2D eigenvalue weighted by Gasteiger charge is -2.03. The Bertz CT molecular complexity index is 787. The molecule has 0 aliphatic rings. The lowest BCUT2D eigenvalue weighted by molar-refractivity contribution is 0.718. The van der Waals surface area contributed by atoms with E-state index in [1.165, 1.54) is 0 Å². The van der Waals surface area contributed by atoms with Crippen LogP contribution < -0.4 is 5.56 Å². The molecule has 3 rings (SSSR count). The van der Waals surface area contributed by atoms with Gasteiger partial charge in [-0.1, -0.05) is 30.3 Å². The predicted molar refractivity (Wildman–Crippen MR) is 79.7 cm³/mol. The third-order valence-electron chi connectivity index (χ3n) is 3.26. The van der Waals surface area contributed by atoms with E-state index in [1.807, 2.05) is 44.2 Å². The summed E-state index contributed by atoms with van der Waals surface area (Å²) in [7, 11) is 0. The van der Waals surface area contributed by atoms with Gasteiger partial charge in [0.1, 0.15) is 4.83 Å². The van der Waals surface area contributed by atoms with Gasteiger partial charge in [0.15, 0.2) is 0 Å². The zero-order chi connectivity index (χ0) is 13.4. The van der Waals surface area contributed by atoms with Gasteiger partial charge in [-0.15, -0.1) is 11.3 Å². The van der Waals surface area contributed by atoms with Crippen LogP contribution >= 0.6 is 11.3 Å². The Morgan fingerprint density at radius 1 is 1.26 bits per heavy atom. The number of thiophene rings is 1. The SMILES string of the molecule is CCn1cnc2sc(C)c(-c3ccccc3)c2c1=O. The molecule has 0 fully saturated rings. The number of aryl methyl sites for hydroxylation is 2. The van der Waals surface area contributed by atoms with E-state index in [2.05, 4.69) is 4.98 Å². The molecular weight excluding hydrogens is 256 g/mol. The second-order valence-corrected chi connectivity index (χ2v) is 5.62. The molecule has 1 aromatic carbocycles. The van der Waals surface area contributed by atoms with E-state index in [4.69, 9.17) is 0 Å². The predicted octanol–water partition coefficient (Wildman–Crippen LogP) is 3.45. The molecule has 2 heterocycles. The van der Waals surface area contributed by atoms with Gasteiger partial charge in [0.2, 0.25) is 0 Å². The van der Waals surface area contributed by atoms with Crippen molar-refractivity contribution in [3.8, 4) is 11.1 Å². The smallest absolute Gasteiger partial charge is 0.262 e. The monoisotopic (exact) mass is 270 g/mol. The maximum Gasteiger partial charge on any atom is 0.262 e. The van der Waals surface area contributed by atoms with Crippen molar-refractivity contribution < 1.29 is 0 Å². The van der Waals surface area contributed by atoms with Crippen molar-refractivity contribution in [3.63, 3.8) is 0 Å². The highest BCUT2D eigenvalue weighted by Crippen LogP contribution is 2.35. The highest BCUT2D eigenvalue weighted by atomic mass is 32.1. The van der Waals surface area contributed by atoms with Gasteiger partial charge in [0.25, 0.3) is 5.56 Å². The molecule has 0 spiro atoms. The normalized spacial score (nSPS) is 11.1. The van der Waals surface area contributed by atoms with Crippen LogP contribution in [0, 0.1) is 6.92 Å². The lowest BCUT2D eigenvalue weighted by Crippen LogP contribution is -2.19. The number of rotatable bonds is 2. The quantitative estimate of drug-likeness (QED) is 0.715. The van der Waals surface area contributed by atoms with Crippen molar-refractivity contribution in [1.29, 1.82) is 0 Å². The third kappa shape index (κ3) is 1.88. The Morgan fingerprint density at radius 2 is 2.00 bits per heavy atom. The van der Waals surface area contributed by atoms with Crippen LogP contribution in [0.25, 0.3) is 21.3 Å². The highest BCUT2D eigenvalue weighted by Gasteiger charge is 2.15. The second kappa shape index (κ2) is 4.63. The number of nitrogens with zero attached hydrogens (tertiary/aromatic N) is 2. The number of benzene rings is 1. The maximum absolute atomic E-state index is 12.5. The molecule has 0 saturated carbocycles. The van der Waals surface area contributed by atoms with Crippen LogP contribution in [0.15, 0.2) is 41.5 Å². The summed E-state index contributed by atoms with van der Waals surface area (Å²) in [5.41, 5.74) is 2.16. The van der Waals surface area contributed by atoms with Crippen molar-refractivity contribution >= 4 is 21.6 Å². The van der Waals surface area contributed by atoms with Gasteiger partial charge in [-0.05, 0) is 19.4 Å². The van der Waals surface area contributed by atoms with Crippen LogP contribution in [0.2, 0.25) is 0 Å². The van der Waals surface area contributed by atoms with E-state index >= 15 is 0 Å². The number of aromatic nitrogens is 2. The summed E-state index contributed by atoms with van der Waals surface area (Å²) in [5, 5.41) is 0.748. The molecule has 2 aromatic heterocycles. The van der Waals surface area contributed by atoms with Crippen LogP contribution in [0.3, 0.4) is 0 Å². The fraction of sp³-hybridized carbons (Fsp3) is 0.200. The summed E-state index contributed by atoms with van der Waals surface area (Å²) in [6.45, 7) is 4.64. The minimum Gasteiger partial charge on any atom is -0.299 e. The van der Waals surface area contributed by atoms with Gasteiger partial charge in [0.05, 0.1) is 11.7 Å². The first kappa shape index (κ1) is 12.1. The average molecular weight is 270 g/mol. The topological polar surface area (TPSA) is 34.9 Å². The number of fused-ring (bicyclic) bond motifs is 1. The molecule has 3 nitrogen and oxygen atoms in total. The van der Waals surface area contributed by atoms with Gasteiger partial charge in [-0.3, -0.25) is 9.36 Å². The lowest BCUT2D eigenvalue weighted by atomic mass is 10.0. The Hall–Kier alpha value is -1.94. The van der Waals surface area contributed by atoms with Crippen LogP contribution in [0.4, 0.5) is 0 Å². The molecule has 0 atom stereocenters. The summed E-state index contributed by atoms with van der Waals surface area (Å²) < 4.78 is 1.65.